The molecule has 3 rings (SSSR count). The number of carbonyl (C=O) groups excluding carboxylic acids is 2. The standard InChI is InChI=1S/C19H15ClN4O4S/c1-22(2)14-6-3-11(16(10-14)24(27)28)9-15-17(25)21-19(29)23(18(15)26)13-7-4-12(20)5-8-13/h3-10H,1-2H3,(H,21,25,29). The Hall–Kier alpha value is -3.30. The average Bonchev–Trinajstić information content (AvgIpc) is 2.66. The van der Waals surface area contributed by atoms with Gasteiger partial charge in [0.1, 0.15) is 5.57 Å². The summed E-state index contributed by atoms with van der Waals surface area (Å²) >= 11 is 11.0. The number of anilines is 2. The largest absolute Gasteiger partial charge is 0.377 e. The van der Waals surface area contributed by atoms with E-state index in [0.717, 1.165) is 4.90 Å². The van der Waals surface area contributed by atoms with Crippen molar-refractivity contribution in [3.8, 4) is 0 Å². The maximum Gasteiger partial charge on any atom is 0.278 e. The highest BCUT2D eigenvalue weighted by Crippen LogP contribution is 2.29. The van der Waals surface area contributed by atoms with Crippen molar-refractivity contribution in [3.63, 3.8) is 0 Å². The fourth-order valence-corrected chi connectivity index (χ4v) is 3.14. The topological polar surface area (TPSA) is 95.8 Å². The number of nitro benzene ring substituents is 1. The third-order valence-electron chi connectivity index (χ3n) is 4.21. The first-order chi connectivity index (χ1) is 13.7. The lowest BCUT2D eigenvalue weighted by molar-refractivity contribution is -0.385. The van der Waals surface area contributed by atoms with Crippen molar-refractivity contribution in [3.05, 3.63) is 68.7 Å². The van der Waals surface area contributed by atoms with Crippen LogP contribution in [0.3, 0.4) is 0 Å². The van der Waals surface area contributed by atoms with Crippen LogP contribution in [0, 0.1) is 10.1 Å². The minimum Gasteiger partial charge on any atom is -0.377 e. The molecule has 0 aromatic heterocycles. The van der Waals surface area contributed by atoms with Gasteiger partial charge in [0.05, 0.1) is 16.2 Å². The van der Waals surface area contributed by atoms with Crippen LogP contribution in [-0.4, -0.2) is 35.9 Å². The van der Waals surface area contributed by atoms with Crippen molar-refractivity contribution in [1.82, 2.24) is 5.32 Å². The molecule has 0 radical (unpaired) electrons. The molecule has 0 spiro atoms. The summed E-state index contributed by atoms with van der Waals surface area (Å²) in [5.74, 6) is -1.41. The molecule has 2 aromatic carbocycles. The minimum absolute atomic E-state index is 0.0862. The van der Waals surface area contributed by atoms with Crippen molar-refractivity contribution in [2.75, 3.05) is 23.9 Å². The number of nitrogens with one attached hydrogen (secondary N) is 1. The molecular weight excluding hydrogens is 416 g/mol. The third kappa shape index (κ3) is 4.10. The van der Waals surface area contributed by atoms with Crippen LogP contribution in [0.15, 0.2) is 48.0 Å². The highest BCUT2D eigenvalue weighted by Gasteiger charge is 2.35. The second-order valence-electron chi connectivity index (χ2n) is 6.33. The molecule has 10 heteroatoms. The number of carbonyl (C=O) groups is 2. The lowest BCUT2D eigenvalue weighted by atomic mass is 10.0. The Labute approximate surface area is 176 Å². The lowest BCUT2D eigenvalue weighted by Gasteiger charge is -2.28. The van der Waals surface area contributed by atoms with Crippen LogP contribution in [0.2, 0.25) is 5.02 Å². The van der Waals surface area contributed by atoms with Gasteiger partial charge in [-0.2, -0.15) is 0 Å². The highest BCUT2D eigenvalue weighted by atomic mass is 35.5. The number of hydrogen-bond donors (Lipinski definition) is 1. The van der Waals surface area contributed by atoms with Crippen molar-refractivity contribution in [2.45, 2.75) is 0 Å². The van der Waals surface area contributed by atoms with Crippen LogP contribution in [-0.2, 0) is 9.59 Å². The van der Waals surface area contributed by atoms with E-state index in [0.29, 0.717) is 16.4 Å². The molecule has 1 fully saturated rings. The first-order valence-corrected chi connectivity index (χ1v) is 9.10. The molecule has 0 aliphatic carbocycles. The molecule has 0 atom stereocenters. The molecule has 1 N–H and O–H groups in total. The highest BCUT2D eigenvalue weighted by molar-refractivity contribution is 7.80. The Kier molecular flexibility index (Phi) is 5.62. The molecule has 0 bridgehead atoms. The summed E-state index contributed by atoms with van der Waals surface area (Å²) in [7, 11) is 3.50. The first-order valence-electron chi connectivity index (χ1n) is 8.32. The van der Waals surface area contributed by atoms with E-state index in [9.17, 15) is 19.7 Å². The van der Waals surface area contributed by atoms with Crippen LogP contribution >= 0.6 is 23.8 Å². The zero-order valence-corrected chi connectivity index (χ0v) is 17.0. The number of thiocarbonyl (C=S) groups is 1. The summed E-state index contributed by atoms with van der Waals surface area (Å²) in [6.07, 6.45) is 1.19. The summed E-state index contributed by atoms with van der Waals surface area (Å²) in [5, 5.41) is 14.3. The van der Waals surface area contributed by atoms with Crippen LogP contribution < -0.4 is 15.1 Å². The van der Waals surface area contributed by atoms with Gasteiger partial charge in [-0.05, 0) is 54.7 Å². The van der Waals surface area contributed by atoms with Gasteiger partial charge >= 0.3 is 0 Å². The number of amides is 2. The molecule has 1 aliphatic rings. The minimum atomic E-state index is -0.726. The number of nitrogens with zero attached hydrogens (tertiary/aromatic N) is 3. The van der Waals surface area contributed by atoms with E-state index in [1.807, 2.05) is 0 Å². The summed E-state index contributed by atoms with van der Waals surface area (Å²) in [6.45, 7) is 0. The van der Waals surface area contributed by atoms with Gasteiger partial charge in [-0.25, -0.2) is 0 Å². The van der Waals surface area contributed by atoms with E-state index in [1.54, 1.807) is 49.3 Å². The quantitative estimate of drug-likeness (QED) is 0.263. The van der Waals surface area contributed by atoms with Gasteiger partial charge in [0.25, 0.3) is 17.5 Å². The fourth-order valence-electron chi connectivity index (χ4n) is 2.73. The zero-order chi connectivity index (χ0) is 21.3. The molecule has 29 heavy (non-hydrogen) atoms. The van der Waals surface area contributed by atoms with Gasteiger partial charge in [-0.3, -0.25) is 29.9 Å². The second-order valence-corrected chi connectivity index (χ2v) is 7.15. The summed E-state index contributed by atoms with van der Waals surface area (Å²) in [4.78, 5) is 39.2. The molecule has 0 saturated carbocycles. The zero-order valence-electron chi connectivity index (χ0n) is 15.4. The maximum atomic E-state index is 13.0. The molecule has 2 aromatic rings. The number of nitro groups is 1. The number of benzene rings is 2. The Morgan fingerprint density at radius 3 is 2.41 bits per heavy atom. The summed E-state index contributed by atoms with van der Waals surface area (Å²) in [6, 6.07) is 10.8. The van der Waals surface area contributed by atoms with Crippen molar-refractivity contribution in [1.29, 1.82) is 0 Å². The second kappa shape index (κ2) is 7.98. The van der Waals surface area contributed by atoms with E-state index in [2.05, 4.69) is 5.32 Å². The summed E-state index contributed by atoms with van der Waals surface area (Å²) in [5.41, 5.74) is 0.655. The van der Waals surface area contributed by atoms with Crippen LogP contribution in [0.5, 0.6) is 0 Å². The van der Waals surface area contributed by atoms with Crippen LogP contribution in [0.4, 0.5) is 17.1 Å². The lowest BCUT2D eigenvalue weighted by Crippen LogP contribution is -2.54. The summed E-state index contributed by atoms with van der Waals surface area (Å²) < 4.78 is 0. The Bertz CT molecular complexity index is 1070. The van der Waals surface area contributed by atoms with Gasteiger partial charge in [-0.15, -0.1) is 0 Å². The Morgan fingerprint density at radius 2 is 1.83 bits per heavy atom. The molecular formula is C19H15ClN4O4S. The normalized spacial score (nSPS) is 15.5. The maximum absolute atomic E-state index is 13.0. The van der Waals surface area contributed by atoms with Crippen molar-refractivity contribution < 1.29 is 14.5 Å². The molecule has 8 nitrogen and oxygen atoms in total. The molecule has 0 unspecified atom stereocenters. The third-order valence-corrected chi connectivity index (χ3v) is 4.75. The monoisotopic (exact) mass is 430 g/mol. The Morgan fingerprint density at radius 1 is 1.17 bits per heavy atom. The van der Waals surface area contributed by atoms with Gasteiger partial charge in [0.2, 0.25) is 0 Å². The fraction of sp³-hybridized carbons (Fsp3) is 0.105. The van der Waals surface area contributed by atoms with Crippen molar-refractivity contribution >= 4 is 63.9 Å². The van der Waals surface area contributed by atoms with Gasteiger partial charge in [0, 0.05) is 30.9 Å². The SMILES string of the molecule is CN(C)c1ccc(C=C2C(=O)NC(=S)N(c3ccc(Cl)cc3)C2=O)c([N+](=O)[O-])c1. The predicted molar refractivity (Wildman–Crippen MR) is 115 cm³/mol. The molecule has 1 aliphatic heterocycles. The van der Waals surface area contributed by atoms with Crippen LogP contribution in [0.1, 0.15) is 5.56 Å². The van der Waals surface area contributed by atoms with Crippen molar-refractivity contribution in [2.24, 2.45) is 0 Å². The van der Waals surface area contributed by atoms with E-state index >= 15 is 0 Å². The van der Waals surface area contributed by atoms with Gasteiger partial charge in [0.15, 0.2) is 5.11 Å². The molecule has 148 valence electrons. The molecule has 2 amide bonds. The van der Waals surface area contributed by atoms with E-state index in [-0.39, 0.29) is 21.9 Å². The predicted octanol–water partition coefficient (Wildman–Crippen LogP) is 3.15. The van der Waals surface area contributed by atoms with E-state index < -0.39 is 16.7 Å². The number of rotatable bonds is 4. The van der Waals surface area contributed by atoms with E-state index in [4.69, 9.17) is 23.8 Å². The Balaban J connectivity index is 2.07. The van der Waals surface area contributed by atoms with Gasteiger partial charge in [-0.1, -0.05) is 11.6 Å². The smallest absolute Gasteiger partial charge is 0.278 e. The first kappa shape index (κ1) is 20.4. The van der Waals surface area contributed by atoms with E-state index in [1.165, 1.54) is 18.2 Å². The van der Waals surface area contributed by atoms with Gasteiger partial charge < -0.3 is 4.90 Å². The number of halogens is 1. The molecule has 1 heterocycles. The number of hydrogen-bond acceptors (Lipinski definition) is 6. The van der Waals surface area contributed by atoms with Crippen LogP contribution in [0.25, 0.3) is 6.08 Å². The molecule has 1 saturated heterocycles. The average molecular weight is 431 g/mol.